The van der Waals surface area contributed by atoms with Gasteiger partial charge < -0.3 is 0 Å². The van der Waals surface area contributed by atoms with Gasteiger partial charge in [0.15, 0.2) is 6.29 Å². The van der Waals surface area contributed by atoms with Crippen molar-refractivity contribution in [2.75, 3.05) is 0 Å². The predicted octanol–water partition coefficient (Wildman–Crippen LogP) is 5.56. The molecule has 0 aromatic heterocycles. The van der Waals surface area contributed by atoms with Crippen LogP contribution in [0, 0.1) is 0 Å². The van der Waals surface area contributed by atoms with Gasteiger partial charge in [0, 0.05) is 5.56 Å². The lowest BCUT2D eigenvalue weighted by atomic mass is 10.1. The smallest absolute Gasteiger partial charge is 0.150 e. The number of benzene rings is 5. The van der Waals surface area contributed by atoms with Gasteiger partial charge in [-0.1, -0.05) is 109 Å². The normalized spacial score (nSPS) is 11.2. The van der Waals surface area contributed by atoms with Crippen LogP contribution in [-0.4, -0.2) is 6.29 Å². The number of hydrogen-bond donors (Lipinski definition) is 0. The van der Waals surface area contributed by atoms with Crippen molar-refractivity contribution in [2.45, 2.75) is 0 Å². The molecule has 0 aliphatic heterocycles. The molecule has 2 heteroatoms. The van der Waals surface area contributed by atoms with E-state index in [1.165, 1.54) is 32.2 Å². The number of fused-ring (bicyclic) bond motifs is 2. The van der Waals surface area contributed by atoms with Crippen molar-refractivity contribution < 1.29 is 4.79 Å². The molecule has 0 saturated carbocycles. The Morgan fingerprint density at radius 2 is 0.931 bits per heavy atom. The van der Waals surface area contributed by atoms with E-state index >= 15 is 0 Å². The van der Waals surface area contributed by atoms with Crippen molar-refractivity contribution in [1.82, 2.24) is 0 Å². The highest BCUT2D eigenvalue weighted by Gasteiger charge is 2.22. The van der Waals surface area contributed by atoms with E-state index in [0.29, 0.717) is 0 Å². The summed E-state index contributed by atoms with van der Waals surface area (Å²) in [7, 11) is -0.903. The van der Waals surface area contributed by atoms with Crippen molar-refractivity contribution in [1.29, 1.82) is 0 Å². The highest BCUT2D eigenvalue weighted by Crippen LogP contribution is 2.38. The molecule has 0 aliphatic rings. The minimum Gasteiger partial charge on any atom is -0.298 e. The summed E-state index contributed by atoms with van der Waals surface area (Å²) in [6.45, 7) is 0. The molecular weight excluding hydrogens is 371 g/mol. The van der Waals surface area contributed by atoms with Crippen molar-refractivity contribution in [2.24, 2.45) is 0 Å². The van der Waals surface area contributed by atoms with Gasteiger partial charge in [-0.3, -0.25) is 4.79 Å². The van der Waals surface area contributed by atoms with E-state index < -0.39 is 7.92 Å². The van der Waals surface area contributed by atoms with Crippen LogP contribution in [0.15, 0.2) is 109 Å². The Kier molecular flexibility index (Phi) is 4.68. The maximum Gasteiger partial charge on any atom is 0.150 e. The molecule has 0 aliphatic carbocycles. The Balaban J connectivity index is 1.89. The summed E-state index contributed by atoms with van der Waals surface area (Å²) in [4.78, 5) is 11.9. The van der Waals surface area contributed by atoms with Gasteiger partial charge in [-0.05, 0) is 45.4 Å². The number of rotatable bonds is 4. The Bertz CT molecular complexity index is 1250. The fourth-order valence-corrected chi connectivity index (χ4v) is 6.75. The minimum absolute atomic E-state index is 0.763. The van der Waals surface area contributed by atoms with Crippen LogP contribution in [0.1, 0.15) is 10.4 Å². The molecule has 1 nitrogen and oxygen atoms in total. The third-order valence-corrected chi connectivity index (χ3v) is 7.95. The molecule has 0 N–H and O–H groups in total. The molecule has 5 aromatic rings. The number of aldehydes is 1. The third kappa shape index (κ3) is 3.14. The zero-order valence-corrected chi connectivity index (χ0v) is 16.7. The first kappa shape index (κ1) is 17.8. The van der Waals surface area contributed by atoms with Crippen molar-refractivity contribution >= 4 is 51.7 Å². The second kappa shape index (κ2) is 7.62. The van der Waals surface area contributed by atoms with Crippen LogP contribution in [0.25, 0.3) is 21.5 Å². The summed E-state index contributed by atoms with van der Waals surface area (Å²) >= 11 is 0. The molecule has 138 valence electrons. The fourth-order valence-electron chi connectivity index (χ4n) is 3.99. The van der Waals surface area contributed by atoms with Crippen LogP contribution in [0.3, 0.4) is 0 Å². The van der Waals surface area contributed by atoms with E-state index in [1.54, 1.807) is 0 Å². The molecule has 0 unspecified atom stereocenters. The zero-order valence-electron chi connectivity index (χ0n) is 15.8. The molecule has 5 aromatic carbocycles. The maximum absolute atomic E-state index is 11.9. The van der Waals surface area contributed by atoms with E-state index in [4.69, 9.17) is 0 Å². The topological polar surface area (TPSA) is 17.1 Å². The molecule has 29 heavy (non-hydrogen) atoms. The quantitative estimate of drug-likeness (QED) is 0.290. The van der Waals surface area contributed by atoms with Crippen LogP contribution in [0.4, 0.5) is 0 Å². The van der Waals surface area contributed by atoms with Crippen molar-refractivity contribution in [3.05, 3.63) is 115 Å². The second-order valence-electron chi connectivity index (χ2n) is 7.01. The largest absolute Gasteiger partial charge is 0.298 e. The first-order valence-corrected chi connectivity index (χ1v) is 11.0. The van der Waals surface area contributed by atoms with Gasteiger partial charge in [-0.2, -0.15) is 0 Å². The van der Waals surface area contributed by atoms with Gasteiger partial charge in [-0.25, -0.2) is 0 Å². The summed E-state index contributed by atoms with van der Waals surface area (Å²) in [6.07, 6.45) is 0.987. The lowest BCUT2D eigenvalue weighted by Crippen LogP contribution is -2.24. The van der Waals surface area contributed by atoms with Crippen LogP contribution in [0.2, 0.25) is 0 Å². The standard InChI is InChI=1S/C27H19OP/c28-19-22-11-3-6-16-25(22)29(26-17-7-12-20-9-1-4-14-23(20)26)27-18-8-13-21-10-2-5-15-24(21)27/h1-19H. The third-order valence-electron chi connectivity index (χ3n) is 5.32. The van der Waals surface area contributed by atoms with Gasteiger partial charge in [0.25, 0.3) is 0 Å². The van der Waals surface area contributed by atoms with Crippen LogP contribution in [-0.2, 0) is 0 Å². The molecular formula is C27H19OP. The van der Waals surface area contributed by atoms with E-state index in [2.05, 4.69) is 91.0 Å². The molecule has 0 fully saturated rings. The Morgan fingerprint density at radius 1 is 0.483 bits per heavy atom. The lowest BCUT2D eigenvalue weighted by Gasteiger charge is -2.24. The van der Waals surface area contributed by atoms with E-state index in [1.807, 2.05) is 18.2 Å². The Hall–Kier alpha value is -3.28. The highest BCUT2D eigenvalue weighted by molar-refractivity contribution is 7.80. The Morgan fingerprint density at radius 3 is 1.52 bits per heavy atom. The number of carbonyl (C=O) groups excluding carboxylic acids is 1. The van der Waals surface area contributed by atoms with E-state index in [9.17, 15) is 4.79 Å². The van der Waals surface area contributed by atoms with Crippen LogP contribution >= 0.6 is 7.92 Å². The summed E-state index contributed by atoms with van der Waals surface area (Å²) in [5, 5.41) is 8.60. The van der Waals surface area contributed by atoms with E-state index in [-0.39, 0.29) is 0 Å². The van der Waals surface area contributed by atoms with Gasteiger partial charge in [0.1, 0.15) is 0 Å². The summed E-state index contributed by atoms with van der Waals surface area (Å²) in [5.41, 5.74) is 0.763. The molecule has 0 atom stereocenters. The van der Waals surface area contributed by atoms with Gasteiger partial charge >= 0.3 is 0 Å². The summed E-state index contributed by atoms with van der Waals surface area (Å²) < 4.78 is 0. The number of carbonyl (C=O) groups is 1. The Labute approximate surface area is 171 Å². The van der Waals surface area contributed by atoms with Crippen LogP contribution in [0.5, 0.6) is 0 Å². The SMILES string of the molecule is O=Cc1ccccc1P(c1cccc2ccccc12)c1cccc2ccccc12. The fraction of sp³-hybridized carbons (Fsp3) is 0. The first-order valence-electron chi connectivity index (χ1n) is 9.67. The summed E-state index contributed by atoms with van der Waals surface area (Å²) in [5.74, 6) is 0. The maximum atomic E-state index is 11.9. The highest BCUT2D eigenvalue weighted by atomic mass is 31.1. The van der Waals surface area contributed by atoms with Crippen LogP contribution < -0.4 is 15.9 Å². The van der Waals surface area contributed by atoms with Crippen molar-refractivity contribution in [3.8, 4) is 0 Å². The molecule has 0 saturated heterocycles. The molecule has 0 amide bonds. The van der Waals surface area contributed by atoms with Gasteiger partial charge in [0.2, 0.25) is 0 Å². The second-order valence-corrected chi connectivity index (χ2v) is 9.12. The van der Waals surface area contributed by atoms with Gasteiger partial charge in [-0.15, -0.1) is 0 Å². The summed E-state index contributed by atoms with van der Waals surface area (Å²) in [6, 6.07) is 38.0. The molecule has 0 radical (unpaired) electrons. The lowest BCUT2D eigenvalue weighted by molar-refractivity contribution is 0.112. The predicted molar refractivity (Wildman–Crippen MR) is 126 cm³/mol. The molecule has 0 spiro atoms. The minimum atomic E-state index is -0.903. The average molecular weight is 390 g/mol. The molecule has 0 heterocycles. The van der Waals surface area contributed by atoms with E-state index in [0.717, 1.165) is 17.2 Å². The van der Waals surface area contributed by atoms with Gasteiger partial charge in [0.05, 0.1) is 0 Å². The zero-order chi connectivity index (χ0) is 19.6. The molecule has 0 bridgehead atoms. The average Bonchev–Trinajstić information content (AvgIpc) is 2.80. The first-order chi connectivity index (χ1) is 14.4. The monoisotopic (exact) mass is 390 g/mol. The van der Waals surface area contributed by atoms with Crippen molar-refractivity contribution in [3.63, 3.8) is 0 Å². The molecule has 5 rings (SSSR count). The number of hydrogen-bond acceptors (Lipinski definition) is 1.